The Morgan fingerprint density at radius 2 is 1.64 bits per heavy atom. The summed E-state index contributed by atoms with van der Waals surface area (Å²) in [5.74, 6) is -2.51. The summed E-state index contributed by atoms with van der Waals surface area (Å²) in [5, 5.41) is 29.8. The summed E-state index contributed by atoms with van der Waals surface area (Å²) in [7, 11) is -3.39. The molecule has 2 aromatic rings. The van der Waals surface area contributed by atoms with Crippen molar-refractivity contribution < 1.29 is 38.1 Å². The summed E-state index contributed by atoms with van der Waals surface area (Å²) < 4.78 is 32.7. The molecule has 0 aliphatic rings. The Hall–Kier alpha value is -2.23. The second-order valence-corrected chi connectivity index (χ2v) is 13.0. The van der Waals surface area contributed by atoms with E-state index in [1.165, 1.54) is 15.6 Å². The first kappa shape index (κ1) is 37.8. The van der Waals surface area contributed by atoms with Crippen LogP contribution in [0.25, 0.3) is 0 Å². The maximum Gasteiger partial charge on any atom is 0.328 e. The molecule has 1 atom stereocenters. The molecule has 15 heteroatoms. The number of hydrogen-bond acceptors (Lipinski definition) is 9. The number of carbonyl (C=O) groups is 2. The zero-order valence-corrected chi connectivity index (χ0v) is 26.7. The van der Waals surface area contributed by atoms with Crippen LogP contribution in [0.3, 0.4) is 0 Å². The first-order chi connectivity index (χ1) is 19.8. The normalized spacial score (nSPS) is 12.3. The second kappa shape index (κ2) is 19.9. The van der Waals surface area contributed by atoms with E-state index in [0.717, 1.165) is 30.7 Å². The zero-order valence-electron chi connectivity index (χ0n) is 23.6. The van der Waals surface area contributed by atoms with E-state index in [1.807, 2.05) is 19.9 Å². The molecule has 1 heterocycles. The van der Waals surface area contributed by atoms with Gasteiger partial charge in [-0.05, 0) is 55.6 Å². The van der Waals surface area contributed by atoms with E-state index in [1.54, 1.807) is 18.2 Å². The van der Waals surface area contributed by atoms with E-state index in [9.17, 15) is 23.1 Å². The van der Waals surface area contributed by atoms with Crippen molar-refractivity contribution in [2.75, 3.05) is 45.1 Å². The van der Waals surface area contributed by atoms with Gasteiger partial charge in [-0.3, -0.25) is 0 Å². The molecule has 1 unspecified atom stereocenters. The number of nitrogens with one attached hydrogen (secondary N) is 1. The average Bonchev–Trinajstić information content (AvgIpc) is 3.42. The van der Waals surface area contributed by atoms with E-state index >= 15 is 0 Å². The monoisotopic (exact) mass is 667 g/mol. The highest BCUT2D eigenvalue weighted by Gasteiger charge is 2.23. The lowest BCUT2D eigenvalue weighted by molar-refractivity contribution is -0.134. The number of aliphatic hydroxyl groups excluding tert-OH is 1. The number of thiophene rings is 1. The summed E-state index contributed by atoms with van der Waals surface area (Å²) in [6, 6.07) is 6.83. The minimum atomic E-state index is -3.39. The number of carboxylic acid groups (broad SMARTS) is 2. The lowest BCUT2D eigenvalue weighted by Crippen LogP contribution is -2.29. The van der Waals surface area contributed by atoms with Gasteiger partial charge in [-0.25, -0.2) is 18.0 Å². The van der Waals surface area contributed by atoms with Gasteiger partial charge in [0.2, 0.25) is 0 Å². The molecule has 11 nitrogen and oxygen atoms in total. The van der Waals surface area contributed by atoms with E-state index < -0.39 is 28.1 Å². The van der Waals surface area contributed by atoms with Crippen LogP contribution in [0.2, 0.25) is 10.0 Å². The van der Waals surface area contributed by atoms with Crippen molar-refractivity contribution in [1.82, 2.24) is 9.62 Å². The third-order valence-corrected chi connectivity index (χ3v) is 10.1. The van der Waals surface area contributed by atoms with Gasteiger partial charge in [0.05, 0.1) is 28.4 Å². The van der Waals surface area contributed by atoms with Crippen LogP contribution >= 0.6 is 34.5 Å². The molecule has 0 amide bonds. The van der Waals surface area contributed by atoms with Crippen LogP contribution < -0.4 is 11.1 Å². The number of nitrogens with zero attached hydrogens (tertiary/aromatic N) is 1. The van der Waals surface area contributed by atoms with E-state index in [4.69, 9.17) is 43.9 Å². The molecule has 0 fully saturated rings. The number of nitrogen functional groups attached to an aromatic ring is 1. The van der Waals surface area contributed by atoms with Gasteiger partial charge in [0.1, 0.15) is 4.21 Å². The fourth-order valence-electron chi connectivity index (χ4n) is 3.52. The summed E-state index contributed by atoms with van der Waals surface area (Å²) >= 11 is 13.4. The number of hydrogen-bond donors (Lipinski definition) is 5. The molecule has 0 spiro atoms. The van der Waals surface area contributed by atoms with Gasteiger partial charge in [-0.2, -0.15) is 4.31 Å². The minimum Gasteiger partial charge on any atom is -0.478 e. The van der Waals surface area contributed by atoms with Crippen molar-refractivity contribution in [3.05, 3.63) is 56.9 Å². The van der Waals surface area contributed by atoms with Crippen LogP contribution in [-0.2, 0) is 30.8 Å². The summed E-state index contributed by atoms with van der Waals surface area (Å²) in [6.07, 6.45) is 4.03. The Bertz CT molecular complexity index is 1230. The maximum absolute atomic E-state index is 12.6. The second-order valence-electron chi connectivity index (χ2n) is 8.86. The summed E-state index contributed by atoms with van der Waals surface area (Å²) in [5.41, 5.74) is 6.67. The molecule has 0 bridgehead atoms. The number of carboxylic acids is 2. The number of sulfonamides is 1. The number of benzene rings is 1. The first-order valence-corrected chi connectivity index (χ1v) is 16.3. The van der Waals surface area contributed by atoms with Gasteiger partial charge in [0, 0.05) is 49.7 Å². The zero-order chi connectivity index (χ0) is 31.7. The number of nitrogens with two attached hydrogens (primary N) is 1. The van der Waals surface area contributed by atoms with Gasteiger partial charge in [0.25, 0.3) is 10.0 Å². The molecule has 6 N–H and O–H groups in total. The van der Waals surface area contributed by atoms with Crippen molar-refractivity contribution in [2.24, 2.45) is 0 Å². The van der Waals surface area contributed by atoms with Crippen LogP contribution in [0.5, 0.6) is 0 Å². The molecule has 0 aliphatic heterocycles. The molecule has 0 radical (unpaired) electrons. The number of halogens is 2. The predicted molar refractivity (Wildman–Crippen MR) is 166 cm³/mol. The third kappa shape index (κ3) is 13.8. The molecule has 1 aromatic heterocycles. The third-order valence-electron chi connectivity index (χ3n) is 5.76. The summed E-state index contributed by atoms with van der Waals surface area (Å²) in [6.45, 7) is 7.05. The number of rotatable bonds is 18. The van der Waals surface area contributed by atoms with Crippen LogP contribution in [0.1, 0.15) is 49.7 Å². The van der Waals surface area contributed by atoms with Gasteiger partial charge in [0.15, 0.2) is 0 Å². The van der Waals surface area contributed by atoms with Crippen LogP contribution in [-0.4, -0.2) is 79.4 Å². The molecule has 1 aromatic carbocycles. The van der Waals surface area contributed by atoms with Crippen molar-refractivity contribution in [2.45, 2.75) is 49.8 Å². The SMILES string of the molecule is CCN(CC)S(=O)(=O)c1ccc(CCOCCCCCNCC(O)c2cc(Cl)c(N)c(Cl)c2)s1.O=C(O)/C=C/C(=O)O. The molecular formula is C27H39Cl2N3O8S2. The Morgan fingerprint density at radius 3 is 2.19 bits per heavy atom. The van der Waals surface area contributed by atoms with E-state index in [2.05, 4.69) is 5.32 Å². The van der Waals surface area contributed by atoms with Crippen molar-refractivity contribution in [3.8, 4) is 0 Å². The predicted octanol–water partition coefficient (Wildman–Crippen LogP) is 4.43. The van der Waals surface area contributed by atoms with Crippen LogP contribution in [0.15, 0.2) is 40.6 Å². The Labute approximate surface area is 260 Å². The fourth-order valence-corrected chi connectivity index (χ4v) is 6.98. The molecule has 0 aliphatic carbocycles. The lowest BCUT2D eigenvalue weighted by atomic mass is 10.1. The quantitative estimate of drug-likeness (QED) is 0.0867. The van der Waals surface area contributed by atoms with Gasteiger partial charge in [-0.15, -0.1) is 11.3 Å². The van der Waals surface area contributed by atoms with Crippen LogP contribution in [0, 0.1) is 0 Å². The largest absolute Gasteiger partial charge is 0.478 e. The van der Waals surface area contributed by atoms with Crippen molar-refractivity contribution >= 4 is 62.2 Å². The highest BCUT2D eigenvalue weighted by atomic mass is 35.5. The molecule has 42 heavy (non-hydrogen) atoms. The first-order valence-electron chi connectivity index (χ1n) is 13.3. The van der Waals surface area contributed by atoms with Crippen molar-refractivity contribution in [3.63, 3.8) is 0 Å². The molecule has 236 valence electrons. The minimum absolute atomic E-state index is 0.317. The lowest BCUT2D eigenvalue weighted by Gasteiger charge is -2.16. The van der Waals surface area contributed by atoms with Gasteiger partial charge in [-0.1, -0.05) is 37.0 Å². The number of ether oxygens (including phenoxy) is 1. The number of unbranched alkanes of at least 4 members (excludes halogenated alkanes) is 2. The average molecular weight is 669 g/mol. The molecule has 0 saturated heterocycles. The van der Waals surface area contributed by atoms with E-state index in [0.29, 0.717) is 76.9 Å². The van der Waals surface area contributed by atoms with Gasteiger partial charge >= 0.3 is 11.9 Å². The highest BCUT2D eigenvalue weighted by molar-refractivity contribution is 7.91. The summed E-state index contributed by atoms with van der Waals surface area (Å²) in [4.78, 5) is 20.1. The van der Waals surface area contributed by atoms with Crippen LogP contribution in [0.4, 0.5) is 5.69 Å². The molecule has 2 rings (SSSR count). The van der Waals surface area contributed by atoms with Crippen molar-refractivity contribution in [1.29, 1.82) is 0 Å². The number of aliphatic hydroxyl groups is 1. The molecule has 0 saturated carbocycles. The Balaban J connectivity index is 0.000000962. The number of aliphatic carboxylic acids is 2. The Kier molecular flexibility index (Phi) is 17.9. The topological polar surface area (TPSA) is 179 Å². The highest BCUT2D eigenvalue weighted by Crippen LogP contribution is 2.31. The standard InChI is InChI=1S/C23H35Cl2N3O4S2.C4H4O4/c1-3-28(4-2)34(30,31)22-9-8-18(33-22)10-13-32-12-7-5-6-11-27-16-21(29)17-14-19(24)23(26)20(25)15-17;5-3(6)1-2-4(7)8/h8-9,14-15,21,27,29H,3-7,10-13,16,26H2,1-2H3;1-2H,(H,5,6)(H,7,8)/b;2-1+. The smallest absolute Gasteiger partial charge is 0.328 e. The molecular weight excluding hydrogens is 629 g/mol. The fraction of sp³-hybridized carbons (Fsp3) is 0.481. The Morgan fingerprint density at radius 1 is 1.05 bits per heavy atom. The maximum atomic E-state index is 12.6. The van der Waals surface area contributed by atoms with Gasteiger partial charge < -0.3 is 31.1 Å². The number of anilines is 1. The van der Waals surface area contributed by atoms with E-state index in [-0.39, 0.29) is 0 Å².